The molecule has 1 fully saturated rings. The number of carbonyl (C=O) groups is 1. The van der Waals surface area contributed by atoms with Crippen molar-refractivity contribution < 1.29 is 14.3 Å². The number of piperidine rings is 1. The molecule has 0 bridgehead atoms. The lowest BCUT2D eigenvalue weighted by Crippen LogP contribution is -2.36. The Labute approximate surface area is 184 Å². The Morgan fingerprint density at radius 2 is 1.97 bits per heavy atom. The maximum Gasteiger partial charge on any atom is 0.225 e. The second-order valence-corrected chi connectivity index (χ2v) is 8.36. The number of rotatable bonds is 7. The molecule has 0 spiro atoms. The van der Waals surface area contributed by atoms with Gasteiger partial charge in [0.2, 0.25) is 11.9 Å². The van der Waals surface area contributed by atoms with Gasteiger partial charge in [-0.2, -0.15) is 0 Å². The molecule has 7 nitrogen and oxygen atoms in total. The molecule has 1 aliphatic heterocycles. The molecule has 1 aliphatic carbocycles. The summed E-state index contributed by atoms with van der Waals surface area (Å²) in [6, 6.07) is 5.85. The maximum absolute atomic E-state index is 12.7. The standard InChI is InChI=1S/C24H32N4O3/c1-30-21-9-6-17(14-22(21)31-2)10-11-25-23(29)18-7-8-20-19(15-18)16-26-24(27-20)28-12-4-3-5-13-28/h6,9,14,16,18H,3-5,7-8,10-13,15H2,1-2H3,(H,25,29)/t18-/m1/s1. The molecule has 1 amide bonds. The zero-order valence-corrected chi connectivity index (χ0v) is 18.5. The number of methoxy groups -OCH3 is 2. The highest BCUT2D eigenvalue weighted by Crippen LogP contribution is 2.28. The summed E-state index contributed by atoms with van der Waals surface area (Å²) in [4.78, 5) is 24.4. The number of fused-ring (bicyclic) bond motifs is 1. The van der Waals surface area contributed by atoms with Crippen molar-refractivity contribution in [1.82, 2.24) is 15.3 Å². The summed E-state index contributed by atoms with van der Waals surface area (Å²) in [6.07, 6.45) is 8.81. The first-order chi connectivity index (χ1) is 15.2. The molecule has 1 atom stereocenters. The smallest absolute Gasteiger partial charge is 0.225 e. The third kappa shape index (κ3) is 5.09. The molecule has 31 heavy (non-hydrogen) atoms. The van der Waals surface area contributed by atoms with E-state index in [1.807, 2.05) is 24.4 Å². The van der Waals surface area contributed by atoms with Crippen LogP contribution in [-0.2, 0) is 24.1 Å². The Morgan fingerprint density at radius 3 is 2.74 bits per heavy atom. The molecule has 166 valence electrons. The summed E-state index contributed by atoms with van der Waals surface area (Å²) in [7, 11) is 3.25. The van der Waals surface area contributed by atoms with Crippen molar-refractivity contribution >= 4 is 11.9 Å². The number of benzene rings is 1. The summed E-state index contributed by atoms with van der Waals surface area (Å²) < 4.78 is 10.6. The first-order valence-electron chi connectivity index (χ1n) is 11.3. The summed E-state index contributed by atoms with van der Waals surface area (Å²) in [5.74, 6) is 2.38. The molecule has 7 heteroatoms. The molecule has 0 radical (unpaired) electrons. The van der Waals surface area contributed by atoms with Gasteiger partial charge >= 0.3 is 0 Å². The second kappa shape index (κ2) is 9.98. The average molecular weight is 425 g/mol. The Kier molecular flexibility index (Phi) is 6.89. The molecule has 1 aromatic heterocycles. The van der Waals surface area contributed by atoms with E-state index in [4.69, 9.17) is 14.5 Å². The van der Waals surface area contributed by atoms with Crippen LogP contribution in [0.5, 0.6) is 11.5 Å². The number of hydrogen-bond donors (Lipinski definition) is 1. The Morgan fingerprint density at radius 1 is 1.16 bits per heavy atom. The lowest BCUT2D eigenvalue weighted by molar-refractivity contribution is -0.125. The van der Waals surface area contributed by atoms with Crippen LogP contribution in [0.1, 0.15) is 42.5 Å². The molecule has 1 N–H and O–H groups in total. The van der Waals surface area contributed by atoms with Crippen molar-refractivity contribution in [2.45, 2.75) is 44.9 Å². The van der Waals surface area contributed by atoms with E-state index in [0.717, 1.165) is 61.5 Å². The predicted molar refractivity (Wildman–Crippen MR) is 120 cm³/mol. The van der Waals surface area contributed by atoms with Crippen molar-refractivity contribution in [1.29, 1.82) is 0 Å². The first kappa shape index (κ1) is 21.4. The highest BCUT2D eigenvalue weighted by Gasteiger charge is 2.26. The Balaban J connectivity index is 1.30. The number of hydrogen-bond acceptors (Lipinski definition) is 6. The van der Waals surface area contributed by atoms with Gasteiger partial charge in [-0.15, -0.1) is 0 Å². The van der Waals surface area contributed by atoms with Gasteiger partial charge in [-0.25, -0.2) is 9.97 Å². The van der Waals surface area contributed by atoms with E-state index in [2.05, 4.69) is 15.2 Å². The van der Waals surface area contributed by atoms with Gasteiger partial charge in [0.1, 0.15) is 0 Å². The van der Waals surface area contributed by atoms with E-state index in [1.165, 1.54) is 19.3 Å². The molecule has 4 rings (SSSR count). The van der Waals surface area contributed by atoms with E-state index in [-0.39, 0.29) is 11.8 Å². The minimum atomic E-state index is -0.0117. The number of nitrogens with one attached hydrogen (secondary N) is 1. The number of amides is 1. The van der Waals surface area contributed by atoms with Crippen LogP contribution in [-0.4, -0.2) is 49.7 Å². The minimum absolute atomic E-state index is 0.0117. The van der Waals surface area contributed by atoms with E-state index < -0.39 is 0 Å². The van der Waals surface area contributed by atoms with E-state index in [0.29, 0.717) is 18.0 Å². The Hall–Kier alpha value is -2.83. The average Bonchev–Trinajstić information content (AvgIpc) is 2.83. The van der Waals surface area contributed by atoms with Crippen LogP contribution in [0.4, 0.5) is 5.95 Å². The zero-order valence-electron chi connectivity index (χ0n) is 18.5. The van der Waals surface area contributed by atoms with Gasteiger partial charge in [0.25, 0.3) is 0 Å². The molecule has 1 aromatic carbocycles. The molecule has 1 saturated heterocycles. The van der Waals surface area contributed by atoms with Crippen LogP contribution >= 0.6 is 0 Å². The predicted octanol–water partition coefficient (Wildman–Crippen LogP) is 2.95. The normalized spacial score (nSPS) is 18.3. The van der Waals surface area contributed by atoms with Gasteiger partial charge < -0.3 is 19.7 Å². The van der Waals surface area contributed by atoms with Crippen LogP contribution in [0.3, 0.4) is 0 Å². The summed E-state index contributed by atoms with van der Waals surface area (Å²) in [6.45, 7) is 2.69. The molecule has 2 heterocycles. The van der Waals surface area contributed by atoms with Gasteiger partial charge in [0, 0.05) is 37.4 Å². The third-order valence-corrected chi connectivity index (χ3v) is 6.31. The summed E-state index contributed by atoms with van der Waals surface area (Å²) in [5.41, 5.74) is 3.34. The molecule has 2 aromatic rings. The fourth-order valence-electron chi connectivity index (χ4n) is 4.48. The Bertz CT molecular complexity index is 912. The number of anilines is 1. The quantitative estimate of drug-likeness (QED) is 0.737. The molecule has 0 unspecified atom stereocenters. The molecule has 0 saturated carbocycles. The van der Waals surface area contributed by atoms with Gasteiger partial charge in [-0.3, -0.25) is 4.79 Å². The van der Waals surface area contributed by atoms with Gasteiger partial charge in [-0.1, -0.05) is 6.07 Å². The number of carbonyl (C=O) groups excluding carboxylic acids is 1. The van der Waals surface area contributed by atoms with Crippen molar-refractivity contribution in [3.63, 3.8) is 0 Å². The fraction of sp³-hybridized carbons (Fsp3) is 0.542. The third-order valence-electron chi connectivity index (χ3n) is 6.31. The molecular formula is C24H32N4O3. The van der Waals surface area contributed by atoms with Crippen molar-refractivity contribution in [3.05, 3.63) is 41.2 Å². The second-order valence-electron chi connectivity index (χ2n) is 8.36. The van der Waals surface area contributed by atoms with Crippen LogP contribution in [0, 0.1) is 5.92 Å². The van der Waals surface area contributed by atoms with E-state index >= 15 is 0 Å². The summed E-state index contributed by atoms with van der Waals surface area (Å²) >= 11 is 0. The van der Waals surface area contributed by atoms with E-state index in [9.17, 15) is 4.79 Å². The van der Waals surface area contributed by atoms with E-state index in [1.54, 1.807) is 14.2 Å². The maximum atomic E-state index is 12.7. The number of nitrogens with zero attached hydrogens (tertiary/aromatic N) is 3. The monoisotopic (exact) mass is 424 g/mol. The van der Waals surface area contributed by atoms with Crippen LogP contribution in [0.25, 0.3) is 0 Å². The van der Waals surface area contributed by atoms with Crippen LogP contribution in [0.2, 0.25) is 0 Å². The van der Waals surface area contributed by atoms with Gasteiger partial charge in [-0.05, 0) is 68.2 Å². The molecule has 2 aliphatic rings. The first-order valence-corrected chi connectivity index (χ1v) is 11.3. The topological polar surface area (TPSA) is 76.6 Å². The van der Waals surface area contributed by atoms with Crippen LogP contribution in [0.15, 0.2) is 24.4 Å². The number of aromatic nitrogens is 2. The lowest BCUT2D eigenvalue weighted by atomic mass is 9.86. The van der Waals surface area contributed by atoms with Crippen molar-refractivity contribution in [2.75, 3.05) is 38.8 Å². The molecular weight excluding hydrogens is 392 g/mol. The number of ether oxygens (including phenoxy) is 2. The SMILES string of the molecule is COc1ccc(CCNC(=O)[C@@H]2CCc3nc(N4CCCCC4)ncc3C2)cc1OC. The van der Waals surface area contributed by atoms with Crippen molar-refractivity contribution in [3.8, 4) is 11.5 Å². The van der Waals surface area contributed by atoms with Crippen molar-refractivity contribution in [2.24, 2.45) is 5.92 Å². The van der Waals surface area contributed by atoms with Gasteiger partial charge in [0.15, 0.2) is 11.5 Å². The summed E-state index contributed by atoms with van der Waals surface area (Å²) in [5, 5.41) is 3.10. The highest BCUT2D eigenvalue weighted by molar-refractivity contribution is 5.79. The highest BCUT2D eigenvalue weighted by atomic mass is 16.5. The fourth-order valence-corrected chi connectivity index (χ4v) is 4.48. The lowest BCUT2D eigenvalue weighted by Gasteiger charge is -2.28. The van der Waals surface area contributed by atoms with Gasteiger partial charge in [0.05, 0.1) is 14.2 Å². The van der Waals surface area contributed by atoms with Crippen LogP contribution < -0.4 is 19.7 Å². The number of aryl methyl sites for hydroxylation is 1. The zero-order chi connectivity index (χ0) is 21.6. The largest absolute Gasteiger partial charge is 0.493 e. The minimum Gasteiger partial charge on any atom is -0.493 e.